The van der Waals surface area contributed by atoms with Gasteiger partial charge in [0.15, 0.2) is 0 Å². The summed E-state index contributed by atoms with van der Waals surface area (Å²) in [7, 11) is 0. The number of halogens is 1. The van der Waals surface area contributed by atoms with Gasteiger partial charge in [0, 0.05) is 11.1 Å². The molecule has 0 saturated carbocycles. The Kier molecular flexibility index (Phi) is 3.00. The molecule has 0 radical (unpaired) electrons. The van der Waals surface area contributed by atoms with Crippen LogP contribution in [0, 0.1) is 6.92 Å². The van der Waals surface area contributed by atoms with Crippen molar-refractivity contribution < 1.29 is 4.74 Å². The fourth-order valence-electron chi connectivity index (χ4n) is 1.70. The summed E-state index contributed by atoms with van der Waals surface area (Å²) in [6.07, 6.45) is 0. The van der Waals surface area contributed by atoms with Crippen LogP contribution >= 0.6 is 11.6 Å². The Bertz CT molecular complexity index is 558. The number of pyridine rings is 1. The van der Waals surface area contributed by atoms with Crippen molar-refractivity contribution >= 4 is 22.5 Å². The van der Waals surface area contributed by atoms with Crippen molar-refractivity contribution in [2.45, 2.75) is 33.3 Å². The fraction of sp³-hybridized carbons (Fsp3) is 0.357. The monoisotopic (exact) mass is 249 g/mol. The van der Waals surface area contributed by atoms with Crippen molar-refractivity contribution in [2.75, 3.05) is 0 Å². The Labute approximate surface area is 107 Å². The lowest BCUT2D eigenvalue weighted by atomic mass is 10.1. The smallest absolute Gasteiger partial charge is 0.120 e. The number of benzene rings is 1. The van der Waals surface area contributed by atoms with E-state index in [4.69, 9.17) is 16.3 Å². The van der Waals surface area contributed by atoms with E-state index in [-0.39, 0.29) is 5.60 Å². The van der Waals surface area contributed by atoms with Crippen molar-refractivity contribution in [1.29, 1.82) is 0 Å². The minimum atomic E-state index is -0.210. The molecule has 0 atom stereocenters. The van der Waals surface area contributed by atoms with Gasteiger partial charge in [-0.3, -0.25) is 4.98 Å². The summed E-state index contributed by atoms with van der Waals surface area (Å²) in [5.41, 5.74) is 1.61. The highest BCUT2D eigenvalue weighted by Gasteiger charge is 2.12. The van der Waals surface area contributed by atoms with Crippen LogP contribution in [0.3, 0.4) is 0 Å². The summed E-state index contributed by atoms with van der Waals surface area (Å²) >= 11 is 6.21. The Morgan fingerprint density at radius 2 is 1.88 bits per heavy atom. The van der Waals surface area contributed by atoms with E-state index in [1.165, 1.54) is 0 Å². The van der Waals surface area contributed by atoms with Crippen molar-refractivity contribution in [3.05, 3.63) is 35.0 Å². The summed E-state index contributed by atoms with van der Waals surface area (Å²) in [6.45, 7) is 8.00. The van der Waals surface area contributed by atoms with Crippen LogP contribution in [-0.4, -0.2) is 10.6 Å². The molecule has 2 rings (SSSR count). The zero-order valence-corrected chi connectivity index (χ0v) is 11.3. The van der Waals surface area contributed by atoms with Crippen LogP contribution in [0.2, 0.25) is 5.02 Å². The fourth-order valence-corrected chi connectivity index (χ4v) is 2.01. The molecule has 0 spiro atoms. The van der Waals surface area contributed by atoms with E-state index in [9.17, 15) is 0 Å². The quantitative estimate of drug-likeness (QED) is 0.749. The molecule has 0 fully saturated rings. The Balaban J connectivity index is 2.51. The molecule has 0 aliphatic rings. The van der Waals surface area contributed by atoms with Crippen molar-refractivity contribution in [3.8, 4) is 5.75 Å². The molecule has 1 aromatic carbocycles. The molecule has 2 aromatic rings. The minimum absolute atomic E-state index is 0.210. The molecule has 0 aliphatic heterocycles. The first-order valence-electron chi connectivity index (χ1n) is 5.61. The summed E-state index contributed by atoms with van der Waals surface area (Å²) in [5.74, 6) is 0.817. The molecular formula is C14H16ClNO. The number of ether oxygens (including phenoxy) is 1. The molecule has 0 N–H and O–H groups in total. The highest BCUT2D eigenvalue weighted by molar-refractivity contribution is 6.35. The van der Waals surface area contributed by atoms with E-state index < -0.39 is 0 Å². The van der Waals surface area contributed by atoms with Crippen LogP contribution in [0.5, 0.6) is 5.75 Å². The molecule has 0 saturated heterocycles. The average molecular weight is 250 g/mol. The summed E-state index contributed by atoms with van der Waals surface area (Å²) in [4.78, 5) is 4.43. The second-order valence-corrected chi connectivity index (χ2v) is 5.55. The van der Waals surface area contributed by atoms with Gasteiger partial charge in [0.1, 0.15) is 11.4 Å². The van der Waals surface area contributed by atoms with Gasteiger partial charge in [-0.1, -0.05) is 11.6 Å². The third-order valence-electron chi connectivity index (χ3n) is 2.28. The second-order valence-electron chi connectivity index (χ2n) is 5.14. The van der Waals surface area contributed by atoms with Crippen LogP contribution in [0.25, 0.3) is 10.9 Å². The van der Waals surface area contributed by atoms with Crippen LogP contribution in [-0.2, 0) is 0 Å². The molecule has 2 nitrogen and oxygen atoms in total. The first-order chi connectivity index (χ1) is 7.85. The highest BCUT2D eigenvalue weighted by Crippen LogP contribution is 2.28. The van der Waals surface area contributed by atoms with Crippen molar-refractivity contribution in [2.24, 2.45) is 0 Å². The van der Waals surface area contributed by atoms with E-state index >= 15 is 0 Å². The van der Waals surface area contributed by atoms with Gasteiger partial charge in [-0.05, 0) is 52.0 Å². The van der Waals surface area contributed by atoms with Crippen LogP contribution in [0.1, 0.15) is 26.5 Å². The number of nitrogens with zero attached hydrogens (tertiary/aromatic N) is 1. The van der Waals surface area contributed by atoms with Gasteiger partial charge in [-0.25, -0.2) is 0 Å². The molecule has 90 valence electrons. The van der Waals surface area contributed by atoms with Gasteiger partial charge < -0.3 is 4.74 Å². The third kappa shape index (κ3) is 2.89. The van der Waals surface area contributed by atoms with Gasteiger partial charge in [0.25, 0.3) is 0 Å². The second kappa shape index (κ2) is 4.19. The van der Waals surface area contributed by atoms with E-state index in [0.717, 1.165) is 22.3 Å². The minimum Gasteiger partial charge on any atom is -0.488 e. The van der Waals surface area contributed by atoms with E-state index in [1.54, 1.807) is 0 Å². The van der Waals surface area contributed by atoms with Crippen molar-refractivity contribution in [3.63, 3.8) is 0 Å². The topological polar surface area (TPSA) is 22.1 Å². The predicted molar refractivity (Wildman–Crippen MR) is 71.9 cm³/mol. The number of rotatable bonds is 1. The van der Waals surface area contributed by atoms with E-state index in [0.29, 0.717) is 5.02 Å². The lowest BCUT2D eigenvalue weighted by molar-refractivity contribution is 0.131. The van der Waals surface area contributed by atoms with Gasteiger partial charge in [-0.15, -0.1) is 0 Å². The molecular weight excluding hydrogens is 234 g/mol. The first kappa shape index (κ1) is 12.2. The SMILES string of the molecule is Cc1cc(Cl)c2cc(OC(C)(C)C)ccc2n1. The Hall–Kier alpha value is -1.28. The molecule has 1 aromatic heterocycles. The summed E-state index contributed by atoms with van der Waals surface area (Å²) < 4.78 is 5.81. The standard InChI is InChI=1S/C14H16ClNO/c1-9-7-12(15)11-8-10(17-14(2,3)4)5-6-13(11)16-9/h5-8H,1-4H3. The number of fused-ring (bicyclic) bond motifs is 1. The summed E-state index contributed by atoms with van der Waals surface area (Å²) in [6, 6.07) is 7.67. The number of hydrogen-bond acceptors (Lipinski definition) is 2. The molecule has 17 heavy (non-hydrogen) atoms. The van der Waals surface area contributed by atoms with Crippen LogP contribution < -0.4 is 4.74 Å². The van der Waals surface area contributed by atoms with E-state index in [1.807, 2.05) is 52.0 Å². The molecule has 1 heterocycles. The largest absolute Gasteiger partial charge is 0.488 e. The van der Waals surface area contributed by atoms with Crippen LogP contribution in [0.4, 0.5) is 0 Å². The van der Waals surface area contributed by atoms with E-state index in [2.05, 4.69) is 4.98 Å². The zero-order valence-electron chi connectivity index (χ0n) is 10.5. The predicted octanol–water partition coefficient (Wildman–Crippen LogP) is 4.37. The first-order valence-corrected chi connectivity index (χ1v) is 5.99. The normalized spacial score (nSPS) is 11.8. The maximum atomic E-state index is 6.21. The van der Waals surface area contributed by atoms with Gasteiger partial charge >= 0.3 is 0 Å². The molecule has 0 bridgehead atoms. The maximum absolute atomic E-state index is 6.21. The van der Waals surface area contributed by atoms with Crippen molar-refractivity contribution in [1.82, 2.24) is 4.98 Å². The molecule has 0 amide bonds. The number of hydrogen-bond donors (Lipinski definition) is 0. The average Bonchev–Trinajstić information content (AvgIpc) is 2.16. The Morgan fingerprint density at radius 1 is 1.18 bits per heavy atom. The summed E-state index contributed by atoms with van der Waals surface area (Å²) in [5, 5.41) is 1.64. The number of aromatic nitrogens is 1. The Morgan fingerprint density at radius 3 is 2.53 bits per heavy atom. The lowest BCUT2D eigenvalue weighted by Gasteiger charge is -2.21. The molecule has 3 heteroatoms. The van der Waals surface area contributed by atoms with Gasteiger partial charge in [-0.2, -0.15) is 0 Å². The van der Waals surface area contributed by atoms with Crippen LogP contribution in [0.15, 0.2) is 24.3 Å². The number of aryl methyl sites for hydroxylation is 1. The maximum Gasteiger partial charge on any atom is 0.120 e. The zero-order chi connectivity index (χ0) is 12.6. The van der Waals surface area contributed by atoms with Gasteiger partial charge in [0.05, 0.1) is 10.5 Å². The lowest BCUT2D eigenvalue weighted by Crippen LogP contribution is -2.22. The highest BCUT2D eigenvalue weighted by atomic mass is 35.5. The van der Waals surface area contributed by atoms with Gasteiger partial charge in [0.2, 0.25) is 0 Å². The third-order valence-corrected chi connectivity index (χ3v) is 2.59. The molecule has 0 aliphatic carbocycles. The molecule has 0 unspecified atom stereocenters.